The smallest absolute Gasteiger partial charge is 0.133 e. The number of hydrogen-bond donors (Lipinski definition) is 2. The van der Waals surface area contributed by atoms with Gasteiger partial charge >= 0.3 is 0 Å². The van der Waals surface area contributed by atoms with Crippen molar-refractivity contribution in [2.75, 3.05) is 13.7 Å². The Kier molecular flexibility index (Phi) is 3.53. The molecule has 1 aromatic carbocycles. The summed E-state index contributed by atoms with van der Waals surface area (Å²) in [5.74, 6) is 0.752. The van der Waals surface area contributed by atoms with Gasteiger partial charge in [-0.1, -0.05) is 6.07 Å². The van der Waals surface area contributed by atoms with E-state index in [1.165, 1.54) is 0 Å². The summed E-state index contributed by atoms with van der Waals surface area (Å²) < 4.78 is 5.93. The molecule has 1 atom stereocenters. The van der Waals surface area contributed by atoms with Crippen molar-refractivity contribution in [2.45, 2.75) is 12.5 Å². The lowest BCUT2D eigenvalue weighted by Gasteiger charge is -2.22. The van der Waals surface area contributed by atoms with Gasteiger partial charge < -0.3 is 15.6 Å². The van der Waals surface area contributed by atoms with Gasteiger partial charge in [-0.25, -0.2) is 0 Å². The summed E-state index contributed by atoms with van der Waals surface area (Å²) in [5, 5.41) is 9.09. The summed E-state index contributed by atoms with van der Waals surface area (Å²) in [5.41, 5.74) is 6.04. The van der Waals surface area contributed by atoms with Crippen molar-refractivity contribution in [3.05, 3.63) is 28.2 Å². The van der Waals surface area contributed by atoms with Crippen LogP contribution in [0.15, 0.2) is 22.7 Å². The maximum Gasteiger partial charge on any atom is 0.133 e. The van der Waals surface area contributed by atoms with Crippen molar-refractivity contribution in [1.29, 1.82) is 0 Å². The van der Waals surface area contributed by atoms with E-state index in [-0.39, 0.29) is 6.61 Å². The first-order valence-corrected chi connectivity index (χ1v) is 5.04. The minimum Gasteiger partial charge on any atom is -0.496 e. The molecule has 3 nitrogen and oxygen atoms in total. The third kappa shape index (κ3) is 2.26. The van der Waals surface area contributed by atoms with Gasteiger partial charge in [0.25, 0.3) is 0 Å². The fourth-order valence-corrected chi connectivity index (χ4v) is 1.65. The van der Waals surface area contributed by atoms with Crippen LogP contribution in [0.2, 0.25) is 0 Å². The van der Waals surface area contributed by atoms with Crippen molar-refractivity contribution in [3.63, 3.8) is 0 Å². The first-order valence-electron chi connectivity index (χ1n) is 4.25. The molecule has 3 N–H and O–H groups in total. The molecule has 0 saturated heterocycles. The fraction of sp³-hybridized carbons (Fsp3) is 0.400. The van der Waals surface area contributed by atoms with Gasteiger partial charge in [-0.2, -0.15) is 0 Å². The van der Waals surface area contributed by atoms with E-state index in [1.54, 1.807) is 14.0 Å². The van der Waals surface area contributed by atoms with Crippen LogP contribution in [-0.2, 0) is 5.54 Å². The van der Waals surface area contributed by atoms with Gasteiger partial charge in [0.05, 0.1) is 23.7 Å². The molecule has 14 heavy (non-hydrogen) atoms. The Morgan fingerprint density at radius 1 is 1.57 bits per heavy atom. The highest BCUT2D eigenvalue weighted by molar-refractivity contribution is 9.10. The summed E-state index contributed by atoms with van der Waals surface area (Å²) in [6, 6.07) is 5.52. The van der Waals surface area contributed by atoms with Crippen LogP contribution in [0.5, 0.6) is 5.75 Å². The molecular formula is C10H14BrNO2. The predicted molar refractivity (Wildman–Crippen MR) is 59.3 cm³/mol. The number of halogens is 1. The van der Waals surface area contributed by atoms with E-state index in [4.69, 9.17) is 15.6 Å². The molecule has 0 saturated carbocycles. The van der Waals surface area contributed by atoms with Gasteiger partial charge in [0.2, 0.25) is 0 Å². The largest absolute Gasteiger partial charge is 0.496 e. The molecule has 0 aliphatic heterocycles. The molecule has 78 valence electrons. The second-order valence-corrected chi connectivity index (χ2v) is 4.28. The van der Waals surface area contributed by atoms with Crippen molar-refractivity contribution in [2.24, 2.45) is 5.73 Å². The molecule has 0 radical (unpaired) electrons. The minimum atomic E-state index is -0.714. The molecule has 0 spiro atoms. The number of benzene rings is 1. The van der Waals surface area contributed by atoms with Crippen LogP contribution in [0.4, 0.5) is 0 Å². The Labute approximate surface area is 92.0 Å². The van der Waals surface area contributed by atoms with Gasteiger partial charge in [0.15, 0.2) is 0 Å². The zero-order valence-electron chi connectivity index (χ0n) is 8.25. The van der Waals surface area contributed by atoms with Crippen LogP contribution in [0.3, 0.4) is 0 Å². The third-order valence-electron chi connectivity index (χ3n) is 2.14. The molecule has 1 rings (SSSR count). The zero-order chi connectivity index (χ0) is 10.8. The summed E-state index contributed by atoms with van der Waals surface area (Å²) in [7, 11) is 1.60. The SMILES string of the molecule is COc1ccc([C@](C)(N)CO)cc1Br. The van der Waals surface area contributed by atoms with E-state index in [1.807, 2.05) is 18.2 Å². The minimum absolute atomic E-state index is 0.0915. The Balaban J connectivity index is 3.08. The molecule has 0 amide bonds. The molecule has 0 aliphatic rings. The van der Waals surface area contributed by atoms with Crippen molar-refractivity contribution >= 4 is 15.9 Å². The van der Waals surface area contributed by atoms with Gasteiger partial charge in [0.1, 0.15) is 5.75 Å². The fourth-order valence-electron chi connectivity index (χ4n) is 1.11. The number of hydrogen-bond acceptors (Lipinski definition) is 3. The van der Waals surface area contributed by atoms with Gasteiger partial charge in [0, 0.05) is 0 Å². The lowest BCUT2D eigenvalue weighted by atomic mass is 9.94. The van der Waals surface area contributed by atoms with E-state index in [0.717, 1.165) is 15.8 Å². The molecular weight excluding hydrogens is 246 g/mol. The number of ether oxygens (including phenoxy) is 1. The topological polar surface area (TPSA) is 55.5 Å². The van der Waals surface area contributed by atoms with Crippen LogP contribution in [0, 0.1) is 0 Å². The number of aliphatic hydroxyl groups excluding tert-OH is 1. The van der Waals surface area contributed by atoms with Gasteiger partial charge in [-0.05, 0) is 40.5 Å². The van der Waals surface area contributed by atoms with Crippen LogP contribution in [0.1, 0.15) is 12.5 Å². The second-order valence-electron chi connectivity index (χ2n) is 3.42. The van der Waals surface area contributed by atoms with E-state index >= 15 is 0 Å². The van der Waals surface area contributed by atoms with E-state index in [2.05, 4.69) is 15.9 Å². The Morgan fingerprint density at radius 3 is 2.64 bits per heavy atom. The monoisotopic (exact) mass is 259 g/mol. The molecule has 0 unspecified atom stereocenters. The number of methoxy groups -OCH3 is 1. The average molecular weight is 260 g/mol. The third-order valence-corrected chi connectivity index (χ3v) is 2.76. The summed E-state index contributed by atoms with van der Waals surface area (Å²) in [6.07, 6.45) is 0. The van der Waals surface area contributed by atoms with Crippen molar-refractivity contribution < 1.29 is 9.84 Å². The molecule has 1 aromatic rings. The van der Waals surface area contributed by atoms with Crippen molar-refractivity contribution in [1.82, 2.24) is 0 Å². The first kappa shape index (κ1) is 11.5. The van der Waals surface area contributed by atoms with E-state index < -0.39 is 5.54 Å². The predicted octanol–water partition coefficient (Wildman–Crippen LogP) is 1.62. The van der Waals surface area contributed by atoms with E-state index in [9.17, 15) is 0 Å². The highest BCUT2D eigenvalue weighted by Crippen LogP contribution is 2.29. The van der Waals surface area contributed by atoms with Crippen molar-refractivity contribution in [3.8, 4) is 5.75 Å². The molecule has 4 heteroatoms. The number of aliphatic hydroxyl groups is 1. The zero-order valence-corrected chi connectivity index (χ0v) is 9.84. The highest BCUT2D eigenvalue weighted by Gasteiger charge is 2.20. The lowest BCUT2D eigenvalue weighted by Crippen LogP contribution is -2.36. The lowest BCUT2D eigenvalue weighted by molar-refractivity contribution is 0.210. The Morgan fingerprint density at radius 2 is 2.21 bits per heavy atom. The van der Waals surface area contributed by atoms with Crippen LogP contribution >= 0.6 is 15.9 Å². The first-order chi connectivity index (χ1) is 6.51. The Hall–Kier alpha value is -0.580. The number of nitrogens with two attached hydrogens (primary N) is 1. The van der Waals surface area contributed by atoms with Gasteiger partial charge in [-0.15, -0.1) is 0 Å². The summed E-state index contributed by atoms with van der Waals surface area (Å²) in [4.78, 5) is 0. The Bertz CT molecular complexity index is 326. The maximum atomic E-state index is 9.09. The van der Waals surface area contributed by atoms with Crippen LogP contribution < -0.4 is 10.5 Å². The molecule has 0 aromatic heterocycles. The molecule has 0 aliphatic carbocycles. The second kappa shape index (κ2) is 4.29. The normalized spacial score (nSPS) is 14.9. The maximum absolute atomic E-state index is 9.09. The highest BCUT2D eigenvalue weighted by atomic mass is 79.9. The standard InChI is InChI=1S/C10H14BrNO2/c1-10(12,6-13)7-3-4-9(14-2)8(11)5-7/h3-5,13H,6,12H2,1-2H3/t10-/m1/s1. The molecule has 0 fully saturated rings. The van der Waals surface area contributed by atoms with Crippen LogP contribution in [0.25, 0.3) is 0 Å². The summed E-state index contributed by atoms with van der Waals surface area (Å²) >= 11 is 3.37. The average Bonchev–Trinajstić information content (AvgIpc) is 2.17. The molecule has 0 heterocycles. The molecule has 0 bridgehead atoms. The number of rotatable bonds is 3. The summed E-state index contributed by atoms with van der Waals surface area (Å²) in [6.45, 7) is 1.69. The van der Waals surface area contributed by atoms with E-state index in [0.29, 0.717) is 0 Å². The van der Waals surface area contributed by atoms with Crippen LogP contribution in [-0.4, -0.2) is 18.8 Å². The quantitative estimate of drug-likeness (QED) is 0.868. The van der Waals surface area contributed by atoms with Gasteiger partial charge in [-0.3, -0.25) is 0 Å².